The molecule has 0 aliphatic carbocycles. The van der Waals surface area contributed by atoms with Gasteiger partial charge in [-0.1, -0.05) is 24.3 Å². The van der Waals surface area contributed by atoms with E-state index in [1.807, 2.05) is 72.9 Å². The average Bonchev–Trinajstić information content (AvgIpc) is 3.42. The van der Waals surface area contributed by atoms with Crippen LogP contribution >= 0.6 is 24.0 Å². The summed E-state index contributed by atoms with van der Waals surface area (Å²) in [5.41, 5.74) is 3.00. The number of H-pyrrole nitrogens is 1. The highest BCUT2D eigenvalue weighted by molar-refractivity contribution is 8.00. The Balaban J connectivity index is 1.26. The number of imide groups is 1. The average molecular weight is 503 g/mol. The van der Waals surface area contributed by atoms with E-state index in [1.54, 1.807) is 13.2 Å². The first kappa shape index (κ1) is 22.9. The molecule has 2 heterocycles. The number of thioether (sulfide) groups is 1. The summed E-state index contributed by atoms with van der Waals surface area (Å²) in [7, 11) is 1.60. The number of aromatic amines is 1. The van der Waals surface area contributed by atoms with Gasteiger partial charge in [-0.3, -0.25) is 9.59 Å². The van der Waals surface area contributed by atoms with Gasteiger partial charge < -0.3 is 20.4 Å². The van der Waals surface area contributed by atoms with E-state index < -0.39 is 5.25 Å². The number of anilines is 3. The zero-order chi connectivity index (χ0) is 24.4. The standard InChI is InChI=1S/C26H22N4O3S2/c1-33-22-8-3-2-7-20(22)29-26(34)28-17-5-4-6-19(13-17)35-23-15-24(31)30(25(23)32)18-10-9-16-11-12-27-21(16)14-18/h2-14,23,27H,15H2,1H3,(H2,28,29,34). The largest absolute Gasteiger partial charge is 0.495 e. The van der Waals surface area contributed by atoms with Crippen molar-refractivity contribution in [2.75, 3.05) is 22.6 Å². The van der Waals surface area contributed by atoms with Crippen molar-refractivity contribution in [1.82, 2.24) is 4.98 Å². The summed E-state index contributed by atoms with van der Waals surface area (Å²) in [4.78, 5) is 31.1. The molecule has 9 heteroatoms. The summed E-state index contributed by atoms with van der Waals surface area (Å²) in [6, 6.07) is 22.6. The maximum Gasteiger partial charge on any atom is 0.247 e. The molecule has 3 N–H and O–H groups in total. The van der Waals surface area contributed by atoms with Crippen LogP contribution in [0.15, 0.2) is 83.9 Å². The summed E-state index contributed by atoms with van der Waals surface area (Å²) in [6.07, 6.45) is 1.98. The topological polar surface area (TPSA) is 86.5 Å². The van der Waals surface area contributed by atoms with Gasteiger partial charge in [-0.25, -0.2) is 4.90 Å². The molecule has 5 rings (SSSR count). The number of amides is 2. The molecule has 2 amide bonds. The Kier molecular flexibility index (Phi) is 6.43. The smallest absolute Gasteiger partial charge is 0.247 e. The van der Waals surface area contributed by atoms with Crippen LogP contribution in [0.4, 0.5) is 17.1 Å². The van der Waals surface area contributed by atoms with Crippen molar-refractivity contribution in [1.29, 1.82) is 0 Å². The van der Waals surface area contributed by atoms with Crippen LogP contribution in [0.25, 0.3) is 10.9 Å². The predicted molar refractivity (Wildman–Crippen MR) is 144 cm³/mol. The number of nitrogens with zero attached hydrogens (tertiary/aromatic N) is 1. The number of hydrogen-bond donors (Lipinski definition) is 3. The molecule has 0 saturated carbocycles. The van der Waals surface area contributed by atoms with Crippen LogP contribution in [-0.2, 0) is 9.59 Å². The Morgan fingerprint density at radius 3 is 2.77 bits per heavy atom. The number of ether oxygens (including phenoxy) is 1. The van der Waals surface area contributed by atoms with Crippen molar-refractivity contribution in [2.24, 2.45) is 0 Å². The van der Waals surface area contributed by atoms with E-state index in [0.29, 0.717) is 16.5 Å². The second-order valence-electron chi connectivity index (χ2n) is 7.93. The number of para-hydroxylation sites is 2. The van der Waals surface area contributed by atoms with Crippen molar-refractivity contribution >= 4 is 68.9 Å². The van der Waals surface area contributed by atoms with Crippen LogP contribution in [0.5, 0.6) is 5.75 Å². The highest BCUT2D eigenvalue weighted by Gasteiger charge is 2.40. The fourth-order valence-electron chi connectivity index (χ4n) is 3.99. The third-order valence-electron chi connectivity index (χ3n) is 5.63. The third-order valence-corrected chi connectivity index (χ3v) is 7.01. The molecule has 0 bridgehead atoms. The highest BCUT2D eigenvalue weighted by atomic mass is 32.2. The van der Waals surface area contributed by atoms with Crippen LogP contribution in [0.2, 0.25) is 0 Å². The Labute approximate surface area is 211 Å². The first-order chi connectivity index (χ1) is 17.0. The second-order valence-corrected chi connectivity index (χ2v) is 9.62. The molecule has 1 fully saturated rings. The SMILES string of the molecule is COc1ccccc1NC(=S)Nc1cccc(SC2CC(=O)N(c3ccc4cc[nH]c4c3)C2=O)c1. The molecule has 1 aromatic heterocycles. The lowest BCUT2D eigenvalue weighted by Crippen LogP contribution is -2.31. The lowest BCUT2D eigenvalue weighted by Gasteiger charge is -2.16. The zero-order valence-electron chi connectivity index (χ0n) is 18.8. The molecule has 0 radical (unpaired) electrons. The van der Waals surface area contributed by atoms with Gasteiger partial charge in [0.1, 0.15) is 5.75 Å². The number of fused-ring (bicyclic) bond motifs is 1. The Morgan fingerprint density at radius 1 is 1.06 bits per heavy atom. The van der Waals surface area contributed by atoms with Gasteiger partial charge >= 0.3 is 0 Å². The minimum atomic E-state index is -0.490. The third kappa shape index (κ3) is 4.87. The number of hydrogen-bond acceptors (Lipinski definition) is 5. The summed E-state index contributed by atoms with van der Waals surface area (Å²) in [6.45, 7) is 0. The fraction of sp³-hybridized carbons (Fsp3) is 0.115. The van der Waals surface area contributed by atoms with Crippen molar-refractivity contribution in [3.63, 3.8) is 0 Å². The molecule has 1 atom stereocenters. The number of carbonyl (C=O) groups is 2. The van der Waals surface area contributed by atoms with E-state index in [9.17, 15) is 9.59 Å². The first-order valence-corrected chi connectivity index (χ1v) is 12.2. The summed E-state index contributed by atoms with van der Waals surface area (Å²) >= 11 is 6.83. The molecule has 35 heavy (non-hydrogen) atoms. The van der Waals surface area contributed by atoms with Gasteiger partial charge in [0.15, 0.2) is 5.11 Å². The number of aromatic nitrogens is 1. The van der Waals surface area contributed by atoms with Crippen LogP contribution in [0, 0.1) is 0 Å². The van der Waals surface area contributed by atoms with Crippen molar-refractivity contribution in [3.05, 3.63) is 79.0 Å². The van der Waals surface area contributed by atoms with E-state index in [1.165, 1.54) is 16.7 Å². The number of thiocarbonyl (C=S) groups is 1. The highest BCUT2D eigenvalue weighted by Crippen LogP contribution is 2.35. The number of carbonyl (C=O) groups excluding carboxylic acids is 2. The van der Waals surface area contributed by atoms with Crippen molar-refractivity contribution < 1.29 is 14.3 Å². The van der Waals surface area contributed by atoms with E-state index in [0.717, 1.165) is 27.2 Å². The molecular weight excluding hydrogens is 480 g/mol. The number of nitrogens with one attached hydrogen (secondary N) is 3. The molecule has 3 aromatic carbocycles. The maximum absolute atomic E-state index is 13.1. The molecule has 1 aliphatic rings. The Hall–Kier alpha value is -3.82. The van der Waals surface area contributed by atoms with E-state index in [2.05, 4.69) is 15.6 Å². The van der Waals surface area contributed by atoms with Crippen LogP contribution in [0.3, 0.4) is 0 Å². The van der Waals surface area contributed by atoms with Crippen LogP contribution in [0.1, 0.15) is 6.42 Å². The molecule has 7 nitrogen and oxygen atoms in total. The number of benzene rings is 3. The van der Waals surface area contributed by atoms with Gasteiger partial charge in [-0.2, -0.15) is 0 Å². The van der Waals surface area contributed by atoms with E-state index in [4.69, 9.17) is 17.0 Å². The number of rotatable bonds is 6. The molecule has 1 aliphatic heterocycles. The Morgan fingerprint density at radius 2 is 1.91 bits per heavy atom. The minimum Gasteiger partial charge on any atom is -0.495 e. The molecule has 176 valence electrons. The first-order valence-electron chi connectivity index (χ1n) is 10.9. The van der Waals surface area contributed by atoms with Gasteiger partial charge in [0.2, 0.25) is 11.8 Å². The fourth-order valence-corrected chi connectivity index (χ4v) is 5.33. The van der Waals surface area contributed by atoms with Gasteiger partial charge in [-0.05, 0) is 66.1 Å². The normalized spacial score (nSPS) is 15.5. The quantitative estimate of drug-likeness (QED) is 0.240. The summed E-state index contributed by atoms with van der Waals surface area (Å²) < 4.78 is 5.35. The van der Waals surface area contributed by atoms with E-state index in [-0.39, 0.29) is 18.2 Å². The molecular formula is C26H22N4O3S2. The van der Waals surface area contributed by atoms with Gasteiger partial charge in [0, 0.05) is 28.7 Å². The lowest BCUT2D eigenvalue weighted by atomic mass is 10.2. The second kappa shape index (κ2) is 9.81. The summed E-state index contributed by atoms with van der Waals surface area (Å²) in [5, 5.41) is 7.24. The van der Waals surface area contributed by atoms with Crippen LogP contribution in [-0.4, -0.2) is 34.3 Å². The van der Waals surface area contributed by atoms with Gasteiger partial charge in [-0.15, -0.1) is 11.8 Å². The summed E-state index contributed by atoms with van der Waals surface area (Å²) in [5.74, 6) is 0.276. The molecule has 0 spiro atoms. The van der Waals surface area contributed by atoms with Crippen molar-refractivity contribution in [3.8, 4) is 5.75 Å². The van der Waals surface area contributed by atoms with E-state index >= 15 is 0 Å². The predicted octanol–water partition coefficient (Wildman–Crippen LogP) is 5.41. The molecule has 4 aromatic rings. The maximum atomic E-state index is 13.1. The lowest BCUT2D eigenvalue weighted by molar-refractivity contribution is -0.121. The minimum absolute atomic E-state index is 0.150. The van der Waals surface area contributed by atoms with Crippen molar-refractivity contribution in [2.45, 2.75) is 16.6 Å². The molecule has 1 unspecified atom stereocenters. The van der Waals surface area contributed by atoms with Gasteiger partial charge in [0.05, 0.1) is 23.7 Å². The monoisotopic (exact) mass is 502 g/mol. The number of methoxy groups -OCH3 is 1. The Bertz CT molecular complexity index is 1430. The van der Waals surface area contributed by atoms with Crippen LogP contribution < -0.4 is 20.3 Å². The zero-order valence-corrected chi connectivity index (χ0v) is 20.4. The van der Waals surface area contributed by atoms with Gasteiger partial charge in [0.25, 0.3) is 0 Å². The molecule has 1 saturated heterocycles.